The van der Waals surface area contributed by atoms with Crippen molar-refractivity contribution in [1.29, 1.82) is 0 Å². The fourth-order valence-corrected chi connectivity index (χ4v) is 3.27. The maximum absolute atomic E-state index is 12.7. The van der Waals surface area contributed by atoms with Crippen molar-refractivity contribution in [3.8, 4) is 11.3 Å². The molecule has 0 aliphatic rings. The Kier molecular flexibility index (Phi) is 4.29. The summed E-state index contributed by atoms with van der Waals surface area (Å²) in [4.78, 5) is 34.0. The SMILES string of the molecule is O=C(Nc1cccc(-c2cnc3ccccc3n2)c1)c1cc2ccccc2oc1=O. The van der Waals surface area contributed by atoms with Crippen molar-refractivity contribution >= 4 is 33.6 Å². The minimum Gasteiger partial charge on any atom is -0.422 e. The zero-order chi connectivity index (χ0) is 20.5. The molecule has 0 spiro atoms. The molecular formula is C24H15N3O3. The van der Waals surface area contributed by atoms with Crippen molar-refractivity contribution in [2.75, 3.05) is 5.32 Å². The van der Waals surface area contributed by atoms with Crippen LogP contribution < -0.4 is 10.9 Å². The van der Waals surface area contributed by atoms with Gasteiger partial charge in [0.25, 0.3) is 5.91 Å². The third kappa shape index (κ3) is 3.31. The summed E-state index contributed by atoms with van der Waals surface area (Å²) < 4.78 is 5.25. The third-order valence-corrected chi connectivity index (χ3v) is 4.75. The summed E-state index contributed by atoms with van der Waals surface area (Å²) in [5.74, 6) is -0.531. The summed E-state index contributed by atoms with van der Waals surface area (Å²) in [6, 6.07) is 23.5. The molecule has 6 heteroatoms. The van der Waals surface area contributed by atoms with Gasteiger partial charge in [0.05, 0.1) is 22.9 Å². The van der Waals surface area contributed by atoms with Gasteiger partial charge in [-0.25, -0.2) is 9.78 Å². The van der Waals surface area contributed by atoms with E-state index in [1.54, 1.807) is 36.5 Å². The van der Waals surface area contributed by atoms with Crippen molar-refractivity contribution in [3.63, 3.8) is 0 Å². The van der Waals surface area contributed by atoms with Crippen molar-refractivity contribution < 1.29 is 9.21 Å². The van der Waals surface area contributed by atoms with Gasteiger partial charge in [-0.2, -0.15) is 0 Å². The van der Waals surface area contributed by atoms with Crippen LogP contribution in [0.15, 0.2) is 94.3 Å². The Balaban J connectivity index is 1.46. The van der Waals surface area contributed by atoms with Gasteiger partial charge >= 0.3 is 5.63 Å². The summed E-state index contributed by atoms with van der Waals surface area (Å²) in [5.41, 5.74) is 3.35. The van der Waals surface area contributed by atoms with Crippen LogP contribution in [0.2, 0.25) is 0 Å². The molecule has 144 valence electrons. The number of anilines is 1. The monoisotopic (exact) mass is 393 g/mol. The van der Waals surface area contributed by atoms with E-state index < -0.39 is 11.5 Å². The van der Waals surface area contributed by atoms with E-state index in [0.29, 0.717) is 22.4 Å². The molecule has 0 aliphatic heterocycles. The third-order valence-electron chi connectivity index (χ3n) is 4.75. The van der Waals surface area contributed by atoms with E-state index in [0.717, 1.165) is 16.6 Å². The second kappa shape index (κ2) is 7.25. The summed E-state index contributed by atoms with van der Waals surface area (Å²) in [6.07, 6.45) is 1.70. The van der Waals surface area contributed by atoms with E-state index in [9.17, 15) is 9.59 Å². The van der Waals surface area contributed by atoms with Gasteiger partial charge in [-0.3, -0.25) is 9.78 Å². The molecule has 0 saturated heterocycles. The number of carbonyl (C=O) groups is 1. The molecule has 0 fully saturated rings. The Labute approximate surface area is 170 Å². The molecule has 0 aliphatic carbocycles. The number of amides is 1. The predicted molar refractivity (Wildman–Crippen MR) is 115 cm³/mol. The molecule has 2 heterocycles. The van der Waals surface area contributed by atoms with Crippen LogP contribution in [0.1, 0.15) is 10.4 Å². The predicted octanol–water partition coefficient (Wildman–Crippen LogP) is 4.66. The Bertz CT molecular complexity index is 1470. The Hall–Kier alpha value is -4.32. The lowest BCUT2D eigenvalue weighted by Gasteiger charge is -2.08. The number of hydrogen-bond acceptors (Lipinski definition) is 5. The molecule has 1 amide bonds. The lowest BCUT2D eigenvalue weighted by Crippen LogP contribution is -2.20. The second-order valence-electron chi connectivity index (χ2n) is 6.76. The maximum Gasteiger partial charge on any atom is 0.349 e. The molecule has 5 rings (SSSR count). The van der Waals surface area contributed by atoms with Crippen LogP contribution in [0, 0.1) is 0 Å². The first-order valence-corrected chi connectivity index (χ1v) is 9.34. The lowest BCUT2D eigenvalue weighted by molar-refractivity contribution is 0.102. The first-order valence-electron chi connectivity index (χ1n) is 9.34. The zero-order valence-corrected chi connectivity index (χ0v) is 15.7. The average molecular weight is 393 g/mol. The number of hydrogen-bond donors (Lipinski definition) is 1. The molecule has 6 nitrogen and oxygen atoms in total. The van der Waals surface area contributed by atoms with Gasteiger partial charge in [0.15, 0.2) is 0 Å². The highest BCUT2D eigenvalue weighted by Crippen LogP contribution is 2.23. The smallest absolute Gasteiger partial charge is 0.349 e. The van der Waals surface area contributed by atoms with E-state index in [2.05, 4.69) is 15.3 Å². The van der Waals surface area contributed by atoms with Crippen LogP contribution in [0.4, 0.5) is 5.69 Å². The van der Waals surface area contributed by atoms with Crippen molar-refractivity contribution in [2.24, 2.45) is 0 Å². The van der Waals surface area contributed by atoms with Gasteiger partial charge in [-0.1, -0.05) is 42.5 Å². The summed E-state index contributed by atoms with van der Waals surface area (Å²) >= 11 is 0. The molecule has 0 atom stereocenters. The number of benzene rings is 3. The number of para-hydroxylation sites is 3. The molecule has 30 heavy (non-hydrogen) atoms. The van der Waals surface area contributed by atoms with E-state index in [4.69, 9.17) is 4.42 Å². The summed E-state index contributed by atoms with van der Waals surface area (Å²) in [7, 11) is 0. The van der Waals surface area contributed by atoms with Gasteiger partial charge in [0.2, 0.25) is 0 Å². The maximum atomic E-state index is 12.7. The van der Waals surface area contributed by atoms with Crippen molar-refractivity contribution in [1.82, 2.24) is 9.97 Å². The molecule has 3 aromatic carbocycles. The van der Waals surface area contributed by atoms with Gasteiger partial charge < -0.3 is 9.73 Å². The number of nitrogens with zero attached hydrogens (tertiary/aromatic N) is 2. The highest BCUT2D eigenvalue weighted by Gasteiger charge is 2.14. The van der Waals surface area contributed by atoms with Crippen LogP contribution >= 0.6 is 0 Å². The molecule has 5 aromatic rings. The minimum absolute atomic E-state index is 0.0513. The van der Waals surface area contributed by atoms with Gasteiger partial charge in [-0.15, -0.1) is 0 Å². The highest BCUT2D eigenvalue weighted by atomic mass is 16.4. The van der Waals surface area contributed by atoms with Crippen LogP contribution in [0.25, 0.3) is 33.3 Å². The quantitative estimate of drug-likeness (QED) is 0.451. The van der Waals surface area contributed by atoms with Crippen LogP contribution in [-0.2, 0) is 0 Å². The molecular weight excluding hydrogens is 378 g/mol. The first kappa shape index (κ1) is 17.8. The Morgan fingerprint density at radius 2 is 1.67 bits per heavy atom. The molecule has 0 bridgehead atoms. The Morgan fingerprint density at radius 3 is 2.57 bits per heavy atom. The number of carbonyl (C=O) groups excluding carboxylic acids is 1. The van der Waals surface area contributed by atoms with Crippen molar-refractivity contribution in [2.45, 2.75) is 0 Å². The fraction of sp³-hybridized carbons (Fsp3) is 0. The largest absolute Gasteiger partial charge is 0.422 e. The molecule has 0 radical (unpaired) electrons. The highest BCUT2D eigenvalue weighted by molar-refractivity contribution is 6.05. The van der Waals surface area contributed by atoms with E-state index in [1.165, 1.54) is 6.07 Å². The van der Waals surface area contributed by atoms with Gasteiger partial charge in [0.1, 0.15) is 11.1 Å². The number of rotatable bonds is 3. The van der Waals surface area contributed by atoms with Crippen LogP contribution in [0.5, 0.6) is 0 Å². The summed E-state index contributed by atoms with van der Waals surface area (Å²) in [5, 5.41) is 3.45. The first-order chi connectivity index (χ1) is 14.7. The standard InChI is InChI=1S/C24H15N3O3/c28-23(18-13-16-6-1-4-11-22(16)30-24(18)29)26-17-8-5-7-15(12-17)21-14-25-19-9-2-3-10-20(19)27-21/h1-14H,(H,26,28). The minimum atomic E-state index is -0.678. The molecule has 2 aromatic heterocycles. The van der Waals surface area contributed by atoms with Gasteiger partial charge in [-0.05, 0) is 36.4 Å². The number of nitrogens with one attached hydrogen (secondary N) is 1. The zero-order valence-electron chi connectivity index (χ0n) is 15.7. The van der Waals surface area contributed by atoms with E-state index >= 15 is 0 Å². The Morgan fingerprint density at radius 1 is 0.867 bits per heavy atom. The second-order valence-corrected chi connectivity index (χ2v) is 6.76. The molecule has 0 unspecified atom stereocenters. The van der Waals surface area contributed by atoms with Crippen LogP contribution in [0.3, 0.4) is 0 Å². The van der Waals surface area contributed by atoms with Crippen LogP contribution in [-0.4, -0.2) is 15.9 Å². The van der Waals surface area contributed by atoms with Crippen molar-refractivity contribution in [3.05, 3.63) is 101 Å². The summed E-state index contributed by atoms with van der Waals surface area (Å²) in [6.45, 7) is 0. The number of fused-ring (bicyclic) bond motifs is 2. The number of aromatic nitrogens is 2. The molecule has 1 N–H and O–H groups in total. The average Bonchev–Trinajstić information content (AvgIpc) is 2.78. The van der Waals surface area contributed by atoms with E-state index in [1.807, 2.05) is 42.5 Å². The lowest BCUT2D eigenvalue weighted by atomic mass is 10.1. The normalized spacial score (nSPS) is 10.9. The van der Waals surface area contributed by atoms with E-state index in [-0.39, 0.29) is 5.56 Å². The fourth-order valence-electron chi connectivity index (χ4n) is 3.27. The van der Waals surface area contributed by atoms with Gasteiger partial charge in [0, 0.05) is 16.6 Å². The topological polar surface area (TPSA) is 85.1 Å². The molecule has 0 saturated carbocycles.